The van der Waals surface area contributed by atoms with Crippen molar-refractivity contribution in [3.05, 3.63) is 200 Å². The third kappa shape index (κ3) is 4.34. The summed E-state index contributed by atoms with van der Waals surface area (Å²) in [5.74, 6) is 0. The SMILES string of the molecule is C1=CCC(n2c3ccccc3c3ccc(-n4c5ccccc5c5cc6c(cc54)c4ccccc4n6-c4ccc5c6ccccc6n(-c6ccccc6)c5c4)cc32)C=C1. The second kappa shape index (κ2) is 12.0. The van der Waals surface area contributed by atoms with Crippen molar-refractivity contribution in [2.75, 3.05) is 0 Å². The second-order valence-corrected chi connectivity index (χ2v) is 15.7. The highest BCUT2D eigenvalue weighted by atomic mass is 15.0. The maximum atomic E-state index is 2.54. The van der Waals surface area contributed by atoms with Gasteiger partial charge in [0.2, 0.25) is 0 Å². The van der Waals surface area contributed by atoms with E-state index in [1.807, 2.05) is 0 Å². The van der Waals surface area contributed by atoms with Crippen molar-refractivity contribution in [3.63, 3.8) is 0 Å². The van der Waals surface area contributed by atoms with E-state index in [1.54, 1.807) is 0 Å². The number of allylic oxidation sites excluding steroid dienone is 4. The van der Waals surface area contributed by atoms with Gasteiger partial charge in [-0.3, -0.25) is 0 Å². The van der Waals surface area contributed by atoms with E-state index in [0.29, 0.717) is 0 Å². The van der Waals surface area contributed by atoms with Gasteiger partial charge < -0.3 is 18.3 Å². The van der Waals surface area contributed by atoms with Gasteiger partial charge in [0, 0.05) is 65.7 Å². The first kappa shape index (κ1) is 31.6. The zero-order chi connectivity index (χ0) is 37.9. The summed E-state index contributed by atoms with van der Waals surface area (Å²) < 4.78 is 9.91. The van der Waals surface area contributed by atoms with Crippen molar-refractivity contribution in [2.24, 2.45) is 0 Å². The standard InChI is InChI=1S/C54H36N4/c1-3-15-35(16-4-1)55-47-23-11-7-19-39(47)43-29-27-37(31-51(43)55)57-49-25-13-9-21-41(49)45-34-54-46(33-53(45)57)42-22-10-14-26-50(42)58(54)38-28-30-44-40-20-8-12-24-48(40)56(52(44)32-38)36-17-5-2-6-18-36/h1-17,19-34,36H,18H2. The van der Waals surface area contributed by atoms with E-state index in [0.717, 1.165) is 17.8 Å². The number of benzene rings is 8. The lowest BCUT2D eigenvalue weighted by Crippen LogP contribution is -2.07. The van der Waals surface area contributed by atoms with Crippen LogP contribution in [0.5, 0.6) is 0 Å². The molecule has 13 rings (SSSR count). The molecule has 1 aliphatic rings. The van der Waals surface area contributed by atoms with E-state index in [-0.39, 0.29) is 6.04 Å². The highest BCUT2D eigenvalue weighted by Gasteiger charge is 2.22. The van der Waals surface area contributed by atoms with Crippen molar-refractivity contribution in [3.8, 4) is 17.1 Å². The molecule has 0 bridgehead atoms. The van der Waals surface area contributed by atoms with Crippen molar-refractivity contribution in [1.29, 1.82) is 0 Å². The molecule has 1 aliphatic carbocycles. The Bertz CT molecular complexity index is 3710. The van der Waals surface area contributed by atoms with Gasteiger partial charge in [0.05, 0.1) is 44.7 Å². The smallest absolute Gasteiger partial charge is 0.0561 e. The monoisotopic (exact) mass is 740 g/mol. The summed E-state index contributed by atoms with van der Waals surface area (Å²) in [6, 6.07) is 65.3. The fourth-order valence-corrected chi connectivity index (χ4v) is 10.2. The quantitative estimate of drug-likeness (QED) is 0.171. The molecule has 0 radical (unpaired) electrons. The van der Waals surface area contributed by atoms with Gasteiger partial charge in [-0.2, -0.15) is 0 Å². The van der Waals surface area contributed by atoms with Crippen LogP contribution in [-0.2, 0) is 0 Å². The Hall–Kier alpha value is -7.56. The van der Waals surface area contributed by atoms with E-state index < -0.39 is 0 Å². The Morgan fingerprint density at radius 2 is 0.741 bits per heavy atom. The highest BCUT2D eigenvalue weighted by molar-refractivity contribution is 6.19. The van der Waals surface area contributed by atoms with Crippen molar-refractivity contribution in [2.45, 2.75) is 12.5 Å². The molecule has 0 amide bonds. The molecule has 0 saturated heterocycles. The largest absolute Gasteiger partial charge is 0.333 e. The lowest BCUT2D eigenvalue weighted by atomic mass is 10.1. The van der Waals surface area contributed by atoms with E-state index in [2.05, 4.69) is 218 Å². The zero-order valence-corrected chi connectivity index (χ0v) is 31.6. The Morgan fingerprint density at radius 1 is 0.310 bits per heavy atom. The molecule has 8 aromatic carbocycles. The van der Waals surface area contributed by atoms with E-state index in [1.165, 1.54) is 92.9 Å². The van der Waals surface area contributed by atoms with Gasteiger partial charge in [-0.15, -0.1) is 0 Å². The average Bonchev–Trinajstić information content (AvgIpc) is 4.00. The van der Waals surface area contributed by atoms with Crippen LogP contribution >= 0.6 is 0 Å². The summed E-state index contributed by atoms with van der Waals surface area (Å²) in [5, 5.41) is 10.1. The van der Waals surface area contributed by atoms with Gasteiger partial charge in [0.15, 0.2) is 0 Å². The fraction of sp³-hybridized carbons (Fsp3) is 0.0370. The first-order valence-corrected chi connectivity index (χ1v) is 20.2. The molecule has 0 N–H and O–H groups in total. The fourth-order valence-electron chi connectivity index (χ4n) is 10.2. The van der Waals surface area contributed by atoms with Gasteiger partial charge >= 0.3 is 0 Å². The topological polar surface area (TPSA) is 19.7 Å². The summed E-state index contributed by atoms with van der Waals surface area (Å²) in [7, 11) is 0. The molecule has 0 saturated carbocycles. The number of hydrogen-bond acceptors (Lipinski definition) is 0. The number of fused-ring (bicyclic) bond motifs is 12. The van der Waals surface area contributed by atoms with Crippen molar-refractivity contribution < 1.29 is 0 Å². The predicted octanol–water partition coefficient (Wildman–Crippen LogP) is 14.1. The van der Waals surface area contributed by atoms with Gasteiger partial charge in [-0.25, -0.2) is 0 Å². The van der Waals surface area contributed by atoms with Gasteiger partial charge in [-0.1, -0.05) is 127 Å². The van der Waals surface area contributed by atoms with Crippen LogP contribution in [0.1, 0.15) is 12.5 Å². The molecule has 4 nitrogen and oxygen atoms in total. The molecular weight excluding hydrogens is 705 g/mol. The minimum absolute atomic E-state index is 0.264. The average molecular weight is 741 g/mol. The van der Waals surface area contributed by atoms with Crippen molar-refractivity contribution in [1.82, 2.24) is 18.3 Å². The summed E-state index contributed by atoms with van der Waals surface area (Å²) in [6.07, 6.45) is 9.95. The van der Waals surface area contributed by atoms with E-state index in [4.69, 9.17) is 0 Å². The molecule has 4 aromatic heterocycles. The predicted molar refractivity (Wildman–Crippen MR) is 244 cm³/mol. The van der Waals surface area contributed by atoms with Crippen LogP contribution in [0, 0.1) is 0 Å². The van der Waals surface area contributed by atoms with Crippen LogP contribution in [0.25, 0.3) is 104 Å². The van der Waals surface area contributed by atoms with Crippen LogP contribution in [0.3, 0.4) is 0 Å². The number of para-hydroxylation sites is 5. The molecule has 272 valence electrons. The molecule has 4 heterocycles. The van der Waals surface area contributed by atoms with E-state index >= 15 is 0 Å². The van der Waals surface area contributed by atoms with E-state index in [9.17, 15) is 0 Å². The Balaban J connectivity index is 1.08. The second-order valence-electron chi connectivity index (χ2n) is 15.7. The lowest BCUT2D eigenvalue weighted by Gasteiger charge is -2.19. The number of hydrogen-bond donors (Lipinski definition) is 0. The van der Waals surface area contributed by atoms with Crippen LogP contribution in [0.2, 0.25) is 0 Å². The van der Waals surface area contributed by atoms with Crippen molar-refractivity contribution >= 4 is 87.2 Å². The number of nitrogens with zero attached hydrogens (tertiary/aromatic N) is 4. The maximum Gasteiger partial charge on any atom is 0.0561 e. The van der Waals surface area contributed by atoms with Crippen LogP contribution in [0.4, 0.5) is 0 Å². The molecule has 0 spiro atoms. The normalized spacial score (nSPS) is 14.5. The minimum Gasteiger partial charge on any atom is -0.333 e. The summed E-state index contributed by atoms with van der Waals surface area (Å²) in [5.41, 5.74) is 13.2. The number of aromatic nitrogens is 4. The Morgan fingerprint density at radius 3 is 1.31 bits per heavy atom. The number of rotatable bonds is 4. The Labute approximate surface area is 334 Å². The van der Waals surface area contributed by atoms with Gasteiger partial charge in [0.25, 0.3) is 0 Å². The molecule has 4 heteroatoms. The lowest BCUT2D eigenvalue weighted by molar-refractivity contribution is 0.648. The first-order valence-electron chi connectivity index (χ1n) is 20.2. The summed E-state index contributed by atoms with van der Waals surface area (Å²) in [6.45, 7) is 0. The first-order chi connectivity index (χ1) is 28.8. The molecule has 58 heavy (non-hydrogen) atoms. The minimum atomic E-state index is 0.264. The third-order valence-corrected chi connectivity index (χ3v) is 12.6. The molecule has 0 aliphatic heterocycles. The molecule has 12 aromatic rings. The van der Waals surface area contributed by atoms with Gasteiger partial charge in [0.1, 0.15) is 0 Å². The van der Waals surface area contributed by atoms with Crippen LogP contribution < -0.4 is 0 Å². The molecule has 1 atom stereocenters. The molecule has 1 unspecified atom stereocenters. The molecular formula is C54H36N4. The summed E-state index contributed by atoms with van der Waals surface area (Å²) >= 11 is 0. The zero-order valence-electron chi connectivity index (χ0n) is 31.6. The van der Waals surface area contributed by atoms with Crippen LogP contribution in [-0.4, -0.2) is 18.3 Å². The molecule has 0 fully saturated rings. The third-order valence-electron chi connectivity index (χ3n) is 12.6. The van der Waals surface area contributed by atoms with Gasteiger partial charge in [-0.05, 0) is 79.2 Å². The summed E-state index contributed by atoms with van der Waals surface area (Å²) in [4.78, 5) is 0. The maximum absolute atomic E-state index is 2.54. The Kier molecular flexibility index (Phi) is 6.53. The highest BCUT2D eigenvalue weighted by Crippen LogP contribution is 2.42. The van der Waals surface area contributed by atoms with Crippen LogP contribution in [0.15, 0.2) is 200 Å².